The smallest absolute Gasteiger partial charge is 0.237 e. The van der Waals surface area contributed by atoms with E-state index in [4.69, 9.17) is 5.73 Å². The Morgan fingerprint density at radius 2 is 1.90 bits per heavy atom. The highest BCUT2D eigenvalue weighted by molar-refractivity contribution is 9.10. The molecule has 2 aromatic rings. The van der Waals surface area contributed by atoms with E-state index in [0.29, 0.717) is 5.69 Å². The van der Waals surface area contributed by atoms with Crippen LogP contribution in [0.15, 0.2) is 51.8 Å². The minimum absolute atomic E-state index is 0.0185. The van der Waals surface area contributed by atoms with Gasteiger partial charge in [0.2, 0.25) is 5.91 Å². The van der Waals surface area contributed by atoms with Crippen LogP contribution in [0.2, 0.25) is 0 Å². The molecule has 3 N–H and O–H groups in total. The summed E-state index contributed by atoms with van der Waals surface area (Å²) in [6.07, 6.45) is 0. The molecule has 110 valence electrons. The topological polar surface area (TPSA) is 72.2 Å². The monoisotopic (exact) mass is 370 g/mol. The second-order valence-electron chi connectivity index (χ2n) is 4.23. The zero-order chi connectivity index (χ0) is 15.4. The maximum atomic E-state index is 13.3. The molecule has 0 radical (unpaired) electrons. The third kappa shape index (κ3) is 4.37. The van der Waals surface area contributed by atoms with Crippen molar-refractivity contribution in [1.82, 2.24) is 0 Å². The van der Waals surface area contributed by atoms with E-state index in [1.54, 1.807) is 24.3 Å². The second-order valence-corrected chi connectivity index (χ2v) is 6.60. The molecule has 0 fully saturated rings. The summed E-state index contributed by atoms with van der Waals surface area (Å²) in [6.45, 7) is 0. The lowest BCUT2D eigenvalue weighted by atomic mass is 10.3. The Morgan fingerprint density at radius 1 is 1.24 bits per heavy atom. The summed E-state index contributed by atoms with van der Waals surface area (Å²) in [5.74, 6) is -1.30. The molecule has 21 heavy (non-hydrogen) atoms. The number of rotatable bonds is 4. The first-order valence-electron chi connectivity index (χ1n) is 5.94. The van der Waals surface area contributed by atoms with Gasteiger partial charge in [-0.3, -0.25) is 9.00 Å². The summed E-state index contributed by atoms with van der Waals surface area (Å²) in [4.78, 5) is 12.0. The van der Waals surface area contributed by atoms with Crippen LogP contribution in [-0.2, 0) is 15.6 Å². The molecule has 2 rings (SSSR count). The van der Waals surface area contributed by atoms with Crippen molar-refractivity contribution in [3.05, 3.63) is 52.8 Å². The molecule has 0 bridgehead atoms. The summed E-state index contributed by atoms with van der Waals surface area (Å²) in [5.41, 5.74) is 5.93. The number of anilines is 2. The standard InChI is InChI=1S/C14H12BrFN2O2S/c15-9-1-3-10(4-2-9)18-14(19)8-21(20)11-5-6-13(17)12(16)7-11/h1-7H,8,17H2,(H,18,19). The van der Waals surface area contributed by atoms with Crippen LogP contribution in [0.4, 0.5) is 15.8 Å². The van der Waals surface area contributed by atoms with E-state index in [1.165, 1.54) is 12.1 Å². The van der Waals surface area contributed by atoms with Gasteiger partial charge in [0.05, 0.1) is 16.5 Å². The molecular formula is C14H12BrFN2O2S. The van der Waals surface area contributed by atoms with Gasteiger partial charge in [-0.05, 0) is 42.5 Å². The minimum Gasteiger partial charge on any atom is -0.396 e. The fourth-order valence-corrected chi connectivity index (χ4v) is 2.78. The largest absolute Gasteiger partial charge is 0.396 e. The quantitative estimate of drug-likeness (QED) is 0.812. The Kier molecular flexibility index (Phi) is 5.08. The van der Waals surface area contributed by atoms with E-state index in [1.807, 2.05) is 0 Å². The lowest BCUT2D eigenvalue weighted by molar-refractivity contribution is -0.113. The Balaban J connectivity index is 2.00. The average Bonchev–Trinajstić information content (AvgIpc) is 2.44. The highest BCUT2D eigenvalue weighted by atomic mass is 79.9. The van der Waals surface area contributed by atoms with E-state index in [2.05, 4.69) is 21.2 Å². The van der Waals surface area contributed by atoms with Gasteiger partial charge in [0, 0.05) is 15.1 Å². The molecule has 0 aromatic heterocycles. The van der Waals surface area contributed by atoms with Crippen LogP contribution in [0.3, 0.4) is 0 Å². The summed E-state index contributed by atoms with van der Waals surface area (Å²) in [6, 6.07) is 10.8. The molecule has 1 amide bonds. The predicted molar refractivity (Wildman–Crippen MR) is 84.9 cm³/mol. The molecule has 0 spiro atoms. The van der Waals surface area contributed by atoms with Crippen LogP contribution in [0.5, 0.6) is 0 Å². The first-order valence-corrected chi connectivity index (χ1v) is 8.06. The predicted octanol–water partition coefficient (Wildman–Crippen LogP) is 2.92. The summed E-state index contributed by atoms with van der Waals surface area (Å²) in [5, 5.41) is 2.62. The van der Waals surface area contributed by atoms with Crippen molar-refractivity contribution < 1.29 is 13.4 Å². The number of amides is 1. The number of halogens is 2. The maximum Gasteiger partial charge on any atom is 0.237 e. The molecule has 0 aliphatic rings. The Hall–Kier alpha value is -1.73. The number of nitrogen functional groups attached to an aromatic ring is 1. The van der Waals surface area contributed by atoms with Crippen molar-refractivity contribution in [2.75, 3.05) is 16.8 Å². The van der Waals surface area contributed by atoms with Gasteiger partial charge in [0.15, 0.2) is 0 Å². The summed E-state index contributed by atoms with van der Waals surface area (Å²) < 4.78 is 26.2. The number of carbonyl (C=O) groups is 1. The Bertz CT molecular complexity index is 692. The summed E-state index contributed by atoms with van der Waals surface area (Å²) in [7, 11) is -1.63. The van der Waals surface area contributed by atoms with E-state index in [0.717, 1.165) is 10.5 Å². The Labute approximate surface area is 132 Å². The molecule has 0 saturated heterocycles. The molecule has 0 aliphatic heterocycles. The zero-order valence-electron chi connectivity index (χ0n) is 10.8. The SMILES string of the molecule is Nc1ccc(S(=O)CC(=O)Nc2ccc(Br)cc2)cc1F. The zero-order valence-corrected chi connectivity index (χ0v) is 13.2. The number of carbonyl (C=O) groups excluding carboxylic acids is 1. The van der Waals surface area contributed by atoms with Crippen LogP contribution in [0.1, 0.15) is 0 Å². The van der Waals surface area contributed by atoms with Gasteiger partial charge in [0.25, 0.3) is 0 Å². The number of nitrogens with two attached hydrogens (primary N) is 1. The highest BCUT2D eigenvalue weighted by Gasteiger charge is 2.12. The third-order valence-electron chi connectivity index (χ3n) is 2.62. The van der Waals surface area contributed by atoms with Gasteiger partial charge in [0.1, 0.15) is 11.6 Å². The first kappa shape index (κ1) is 15.7. The van der Waals surface area contributed by atoms with Crippen molar-refractivity contribution in [2.45, 2.75) is 4.90 Å². The van der Waals surface area contributed by atoms with E-state index < -0.39 is 22.5 Å². The number of hydrogen-bond donors (Lipinski definition) is 2. The van der Waals surface area contributed by atoms with Gasteiger partial charge < -0.3 is 11.1 Å². The third-order valence-corrected chi connectivity index (χ3v) is 4.46. The Morgan fingerprint density at radius 3 is 2.52 bits per heavy atom. The molecule has 2 aromatic carbocycles. The summed E-state index contributed by atoms with van der Waals surface area (Å²) >= 11 is 3.29. The van der Waals surface area contributed by atoms with Gasteiger partial charge in [-0.1, -0.05) is 15.9 Å². The van der Waals surface area contributed by atoms with Gasteiger partial charge in [-0.2, -0.15) is 0 Å². The second kappa shape index (κ2) is 6.82. The lowest BCUT2D eigenvalue weighted by Gasteiger charge is -2.06. The molecule has 1 atom stereocenters. The van der Waals surface area contributed by atoms with Crippen LogP contribution < -0.4 is 11.1 Å². The highest BCUT2D eigenvalue weighted by Crippen LogP contribution is 2.16. The number of nitrogens with one attached hydrogen (secondary N) is 1. The lowest BCUT2D eigenvalue weighted by Crippen LogP contribution is -2.19. The van der Waals surface area contributed by atoms with Gasteiger partial charge in [-0.15, -0.1) is 0 Å². The minimum atomic E-state index is -1.63. The average molecular weight is 371 g/mol. The van der Waals surface area contributed by atoms with Gasteiger partial charge >= 0.3 is 0 Å². The van der Waals surface area contributed by atoms with Crippen LogP contribution in [-0.4, -0.2) is 15.9 Å². The van der Waals surface area contributed by atoms with Crippen LogP contribution in [0.25, 0.3) is 0 Å². The molecule has 1 unspecified atom stereocenters. The van der Waals surface area contributed by atoms with E-state index in [9.17, 15) is 13.4 Å². The maximum absolute atomic E-state index is 13.3. The number of benzene rings is 2. The van der Waals surface area contributed by atoms with Crippen LogP contribution in [0, 0.1) is 5.82 Å². The number of hydrogen-bond acceptors (Lipinski definition) is 3. The molecule has 0 aliphatic carbocycles. The van der Waals surface area contributed by atoms with Crippen molar-refractivity contribution >= 4 is 44.0 Å². The van der Waals surface area contributed by atoms with Crippen molar-refractivity contribution in [2.24, 2.45) is 0 Å². The molecule has 7 heteroatoms. The fraction of sp³-hybridized carbons (Fsp3) is 0.0714. The van der Waals surface area contributed by atoms with E-state index >= 15 is 0 Å². The molecule has 0 saturated carbocycles. The first-order chi connectivity index (χ1) is 9.95. The van der Waals surface area contributed by atoms with Crippen molar-refractivity contribution in [3.63, 3.8) is 0 Å². The molecule has 4 nitrogen and oxygen atoms in total. The fourth-order valence-electron chi connectivity index (χ4n) is 1.58. The van der Waals surface area contributed by atoms with E-state index in [-0.39, 0.29) is 16.3 Å². The van der Waals surface area contributed by atoms with Crippen LogP contribution >= 0.6 is 15.9 Å². The van der Waals surface area contributed by atoms with Crippen molar-refractivity contribution in [1.29, 1.82) is 0 Å². The normalized spacial score (nSPS) is 11.9. The molecular weight excluding hydrogens is 359 g/mol. The van der Waals surface area contributed by atoms with Gasteiger partial charge in [-0.25, -0.2) is 4.39 Å². The van der Waals surface area contributed by atoms with Crippen molar-refractivity contribution in [3.8, 4) is 0 Å². The molecule has 0 heterocycles.